The molecule has 1 fully saturated rings. The van der Waals surface area contributed by atoms with Gasteiger partial charge >= 0.3 is 0 Å². The van der Waals surface area contributed by atoms with Crippen LogP contribution in [0.4, 0.5) is 0 Å². The summed E-state index contributed by atoms with van der Waals surface area (Å²) in [6, 6.07) is 9.75. The van der Waals surface area contributed by atoms with E-state index in [2.05, 4.69) is 10.3 Å². The summed E-state index contributed by atoms with van der Waals surface area (Å²) in [5.74, 6) is 1.58. The van der Waals surface area contributed by atoms with Gasteiger partial charge < -0.3 is 14.6 Å². The summed E-state index contributed by atoms with van der Waals surface area (Å²) in [5.41, 5.74) is 1.78. The van der Waals surface area contributed by atoms with Crippen LogP contribution in [0.1, 0.15) is 30.7 Å². The molecule has 1 N–H and O–H groups in total. The molecule has 24 heavy (non-hydrogen) atoms. The molecule has 2 aromatic rings. The molecule has 0 unspecified atom stereocenters. The van der Waals surface area contributed by atoms with Crippen LogP contribution < -0.4 is 5.32 Å². The number of oxazole rings is 1. The van der Waals surface area contributed by atoms with E-state index in [-0.39, 0.29) is 17.9 Å². The zero-order valence-electron chi connectivity index (χ0n) is 13.3. The Bertz CT molecular complexity index is 769. The maximum atomic E-state index is 12.5. The Labute approximate surface area is 139 Å². The van der Waals surface area contributed by atoms with Gasteiger partial charge in [0.1, 0.15) is 11.5 Å². The Kier molecular flexibility index (Phi) is 3.80. The minimum Gasteiger partial charge on any atom is -0.441 e. The number of fused-ring (bicyclic) bond motifs is 1. The van der Waals surface area contributed by atoms with Gasteiger partial charge in [0.25, 0.3) is 0 Å². The van der Waals surface area contributed by atoms with E-state index in [1.54, 1.807) is 0 Å². The predicted octanol–water partition coefficient (Wildman–Crippen LogP) is 1.89. The second kappa shape index (κ2) is 6.11. The molecule has 0 bridgehead atoms. The highest BCUT2D eigenvalue weighted by molar-refractivity contribution is 5.82. The van der Waals surface area contributed by atoms with Gasteiger partial charge in [-0.05, 0) is 18.6 Å². The van der Waals surface area contributed by atoms with E-state index in [4.69, 9.17) is 4.42 Å². The number of hydrogen-bond donors (Lipinski definition) is 1. The smallest absolute Gasteiger partial charge is 0.226 e. The van der Waals surface area contributed by atoms with E-state index < -0.39 is 0 Å². The van der Waals surface area contributed by atoms with Crippen molar-refractivity contribution in [3.8, 4) is 11.5 Å². The van der Waals surface area contributed by atoms with Crippen LogP contribution in [0, 0.1) is 0 Å². The summed E-state index contributed by atoms with van der Waals surface area (Å²) < 4.78 is 5.86. The number of aromatic nitrogens is 1. The van der Waals surface area contributed by atoms with Crippen molar-refractivity contribution in [2.24, 2.45) is 0 Å². The molecule has 6 nitrogen and oxygen atoms in total. The normalized spacial score (nSPS) is 19.9. The van der Waals surface area contributed by atoms with Crippen LogP contribution in [0.5, 0.6) is 0 Å². The maximum absolute atomic E-state index is 12.5. The van der Waals surface area contributed by atoms with Gasteiger partial charge in [0.05, 0.1) is 6.54 Å². The first-order chi connectivity index (χ1) is 11.7. The van der Waals surface area contributed by atoms with Gasteiger partial charge in [-0.25, -0.2) is 4.98 Å². The molecular weight excluding hydrogens is 306 g/mol. The first kappa shape index (κ1) is 14.9. The van der Waals surface area contributed by atoms with Crippen LogP contribution in [-0.4, -0.2) is 34.3 Å². The third-order valence-electron chi connectivity index (χ3n) is 4.61. The monoisotopic (exact) mass is 325 g/mol. The lowest BCUT2D eigenvalue weighted by atomic mass is 10.1. The van der Waals surface area contributed by atoms with Gasteiger partial charge in [0, 0.05) is 37.4 Å². The number of amides is 2. The Hall–Kier alpha value is -2.63. The standard InChI is InChI=1S/C18H19N3O3/c22-16-7-6-13(19-16)10-17(23)21-9-8-15-14(11-21)20-18(24-15)12-4-2-1-3-5-12/h1-5,13H,6-11H2,(H,19,22)/t13-/m1/s1. The molecule has 1 aromatic carbocycles. The van der Waals surface area contributed by atoms with Crippen molar-refractivity contribution >= 4 is 11.8 Å². The average molecular weight is 325 g/mol. The highest BCUT2D eigenvalue weighted by Gasteiger charge is 2.29. The summed E-state index contributed by atoms with van der Waals surface area (Å²) in [6.45, 7) is 1.11. The van der Waals surface area contributed by atoms with E-state index in [0.717, 1.165) is 23.4 Å². The van der Waals surface area contributed by atoms with E-state index in [9.17, 15) is 9.59 Å². The van der Waals surface area contributed by atoms with Crippen molar-refractivity contribution < 1.29 is 14.0 Å². The van der Waals surface area contributed by atoms with Crippen molar-refractivity contribution in [3.63, 3.8) is 0 Å². The molecule has 0 spiro atoms. The minimum absolute atomic E-state index is 0.0245. The van der Waals surface area contributed by atoms with Crippen molar-refractivity contribution in [1.29, 1.82) is 0 Å². The summed E-state index contributed by atoms with van der Waals surface area (Å²) in [4.78, 5) is 30.1. The van der Waals surface area contributed by atoms with E-state index >= 15 is 0 Å². The molecular formula is C18H19N3O3. The lowest BCUT2D eigenvalue weighted by Gasteiger charge is -2.26. The molecule has 0 aliphatic carbocycles. The van der Waals surface area contributed by atoms with Gasteiger partial charge in [-0.15, -0.1) is 0 Å². The van der Waals surface area contributed by atoms with Crippen molar-refractivity contribution in [2.45, 2.75) is 38.3 Å². The van der Waals surface area contributed by atoms with Crippen molar-refractivity contribution in [2.75, 3.05) is 6.54 Å². The number of benzene rings is 1. The number of carbonyl (C=O) groups excluding carboxylic acids is 2. The molecule has 124 valence electrons. The minimum atomic E-state index is -0.0245. The predicted molar refractivity (Wildman–Crippen MR) is 86.8 cm³/mol. The molecule has 3 heterocycles. The molecule has 6 heteroatoms. The zero-order valence-corrected chi connectivity index (χ0v) is 13.3. The SMILES string of the molecule is O=C1CC[C@H](CC(=O)N2CCc3oc(-c4ccccc4)nc3C2)N1. The molecule has 0 radical (unpaired) electrons. The summed E-state index contributed by atoms with van der Waals surface area (Å²) in [6.07, 6.45) is 2.31. The van der Waals surface area contributed by atoms with Crippen molar-refractivity contribution in [1.82, 2.24) is 15.2 Å². The van der Waals surface area contributed by atoms with Gasteiger partial charge in [-0.2, -0.15) is 0 Å². The van der Waals surface area contributed by atoms with E-state index in [0.29, 0.717) is 38.2 Å². The Morgan fingerprint density at radius 3 is 2.88 bits per heavy atom. The molecule has 2 aliphatic rings. The number of carbonyl (C=O) groups is 2. The number of nitrogens with zero attached hydrogens (tertiary/aromatic N) is 2. The van der Waals surface area contributed by atoms with Crippen LogP contribution in [0.2, 0.25) is 0 Å². The maximum Gasteiger partial charge on any atom is 0.226 e. The van der Waals surface area contributed by atoms with Gasteiger partial charge in [0.2, 0.25) is 17.7 Å². The topological polar surface area (TPSA) is 75.4 Å². The quantitative estimate of drug-likeness (QED) is 0.935. The lowest BCUT2D eigenvalue weighted by Crippen LogP contribution is -2.39. The first-order valence-corrected chi connectivity index (χ1v) is 8.30. The molecule has 2 aliphatic heterocycles. The largest absolute Gasteiger partial charge is 0.441 e. The zero-order chi connectivity index (χ0) is 16.5. The van der Waals surface area contributed by atoms with E-state index in [1.165, 1.54) is 0 Å². The molecule has 1 saturated heterocycles. The molecule has 4 rings (SSSR count). The fourth-order valence-corrected chi connectivity index (χ4v) is 3.29. The fraction of sp³-hybridized carbons (Fsp3) is 0.389. The summed E-state index contributed by atoms with van der Waals surface area (Å²) >= 11 is 0. The average Bonchev–Trinajstić information content (AvgIpc) is 3.21. The van der Waals surface area contributed by atoms with Crippen LogP contribution in [0.3, 0.4) is 0 Å². The van der Waals surface area contributed by atoms with Crippen LogP contribution in [0.25, 0.3) is 11.5 Å². The summed E-state index contributed by atoms with van der Waals surface area (Å²) in [7, 11) is 0. The highest BCUT2D eigenvalue weighted by Crippen LogP contribution is 2.26. The van der Waals surface area contributed by atoms with Gasteiger partial charge in [0.15, 0.2) is 0 Å². The Balaban J connectivity index is 1.45. The fourth-order valence-electron chi connectivity index (χ4n) is 3.29. The number of rotatable bonds is 3. The number of nitrogens with one attached hydrogen (secondary N) is 1. The first-order valence-electron chi connectivity index (χ1n) is 8.30. The van der Waals surface area contributed by atoms with Crippen LogP contribution >= 0.6 is 0 Å². The lowest BCUT2D eigenvalue weighted by molar-refractivity contribution is -0.132. The highest BCUT2D eigenvalue weighted by atomic mass is 16.4. The molecule has 0 saturated carbocycles. The van der Waals surface area contributed by atoms with Gasteiger partial charge in [-0.1, -0.05) is 18.2 Å². The second-order valence-corrected chi connectivity index (χ2v) is 6.33. The molecule has 1 atom stereocenters. The number of hydrogen-bond acceptors (Lipinski definition) is 4. The van der Waals surface area contributed by atoms with Crippen LogP contribution in [-0.2, 0) is 22.6 Å². The Morgan fingerprint density at radius 2 is 2.12 bits per heavy atom. The Morgan fingerprint density at radius 1 is 1.29 bits per heavy atom. The second-order valence-electron chi connectivity index (χ2n) is 6.33. The van der Waals surface area contributed by atoms with Crippen LogP contribution in [0.15, 0.2) is 34.7 Å². The molecule has 1 aromatic heterocycles. The van der Waals surface area contributed by atoms with Gasteiger partial charge in [-0.3, -0.25) is 9.59 Å². The third-order valence-corrected chi connectivity index (χ3v) is 4.61. The third kappa shape index (κ3) is 2.91. The molecule has 2 amide bonds. The summed E-state index contributed by atoms with van der Waals surface area (Å²) in [5, 5.41) is 2.85. The van der Waals surface area contributed by atoms with E-state index in [1.807, 2.05) is 35.2 Å². The van der Waals surface area contributed by atoms with Crippen molar-refractivity contribution in [3.05, 3.63) is 41.8 Å².